The average molecular weight is 288 g/mol. The summed E-state index contributed by atoms with van der Waals surface area (Å²) in [6.45, 7) is 5.32. The minimum atomic E-state index is 0.157. The van der Waals surface area contributed by atoms with Crippen molar-refractivity contribution in [2.45, 2.75) is 58.0 Å². The number of amides is 1. The van der Waals surface area contributed by atoms with Crippen LogP contribution in [0.25, 0.3) is 0 Å². The molecule has 0 spiro atoms. The number of hydrogen-bond acceptors (Lipinski definition) is 2. The van der Waals surface area contributed by atoms with Crippen LogP contribution in [0.2, 0.25) is 0 Å². The van der Waals surface area contributed by atoms with E-state index in [4.69, 9.17) is 0 Å². The van der Waals surface area contributed by atoms with E-state index in [1.807, 2.05) is 24.1 Å². The van der Waals surface area contributed by atoms with Gasteiger partial charge < -0.3 is 10.2 Å². The maximum absolute atomic E-state index is 12.6. The number of hydrogen-bond donors (Lipinski definition) is 1. The molecule has 2 rings (SSSR count). The molecule has 0 heterocycles. The highest BCUT2D eigenvalue weighted by atomic mass is 16.2. The zero-order chi connectivity index (χ0) is 15.2. The molecule has 1 N–H and O–H groups in total. The SMILES string of the molecule is CCNC1CCC(N(C)C(=O)c2ccc(CC)cc2)CC1. The molecule has 1 amide bonds. The van der Waals surface area contributed by atoms with Crippen LogP contribution in [0.15, 0.2) is 24.3 Å². The van der Waals surface area contributed by atoms with Crippen molar-refractivity contribution in [3.8, 4) is 0 Å². The van der Waals surface area contributed by atoms with Crippen LogP contribution in [0.5, 0.6) is 0 Å². The van der Waals surface area contributed by atoms with Crippen LogP contribution in [0.1, 0.15) is 55.5 Å². The summed E-state index contributed by atoms with van der Waals surface area (Å²) in [4.78, 5) is 14.5. The Morgan fingerprint density at radius 3 is 2.29 bits per heavy atom. The molecule has 3 nitrogen and oxygen atoms in total. The molecule has 0 radical (unpaired) electrons. The van der Waals surface area contributed by atoms with Crippen LogP contribution >= 0.6 is 0 Å². The number of nitrogens with zero attached hydrogens (tertiary/aromatic N) is 1. The van der Waals surface area contributed by atoms with E-state index in [2.05, 4.69) is 31.3 Å². The molecule has 116 valence electrons. The summed E-state index contributed by atoms with van der Waals surface area (Å²) in [7, 11) is 1.95. The van der Waals surface area contributed by atoms with E-state index >= 15 is 0 Å². The Hall–Kier alpha value is -1.35. The normalized spacial score (nSPS) is 22.0. The Kier molecular flexibility index (Phi) is 5.80. The molecule has 0 aliphatic heterocycles. The van der Waals surface area contributed by atoms with Gasteiger partial charge in [0.05, 0.1) is 0 Å². The van der Waals surface area contributed by atoms with Crippen molar-refractivity contribution in [1.82, 2.24) is 10.2 Å². The summed E-state index contributed by atoms with van der Waals surface area (Å²) in [5.41, 5.74) is 2.09. The molecule has 1 aromatic carbocycles. The second-order valence-corrected chi connectivity index (χ2v) is 6.03. The first-order valence-corrected chi connectivity index (χ1v) is 8.25. The average Bonchev–Trinajstić information content (AvgIpc) is 2.54. The van der Waals surface area contributed by atoms with Gasteiger partial charge in [0.15, 0.2) is 0 Å². The first-order valence-electron chi connectivity index (χ1n) is 8.25. The number of nitrogens with one attached hydrogen (secondary N) is 1. The van der Waals surface area contributed by atoms with E-state index in [1.54, 1.807) is 0 Å². The van der Waals surface area contributed by atoms with Crippen LogP contribution in [0, 0.1) is 0 Å². The molecule has 0 atom stereocenters. The Labute approximate surface area is 128 Å². The third-order valence-corrected chi connectivity index (χ3v) is 4.67. The van der Waals surface area contributed by atoms with Crippen LogP contribution in [-0.2, 0) is 6.42 Å². The standard InChI is InChI=1S/C18H28N2O/c1-4-14-6-8-15(9-7-14)18(21)20(3)17-12-10-16(11-13-17)19-5-2/h6-9,16-17,19H,4-5,10-13H2,1-3H3. The van der Waals surface area contributed by atoms with Gasteiger partial charge in [-0.25, -0.2) is 0 Å². The largest absolute Gasteiger partial charge is 0.339 e. The van der Waals surface area contributed by atoms with Gasteiger partial charge >= 0.3 is 0 Å². The molecule has 1 saturated carbocycles. The van der Waals surface area contributed by atoms with Gasteiger partial charge in [-0.2, -0.15) is 0 Å². The number of benzene rings is 1. The van der Waals surface area contributed by atoms with Crippen molar-refractivity contribution >= 4 is 5.91 Å². The molecule has 1 aliphatic carbocycles. The van der Waals surface area contributed by atoms with Gasteiger partial charge in [0.2, 0.25) is 0 Å². The highest BCUT2D eigenvalue weighted by Gasteiger charge is 2.26. The Bertz CT molecular complexity index is 447. The fourth-order valence-corrected chi connectivity index (χ4v) is 3.21. The summed E-state index contributed by atoms with van der Waals surface area (Å²) < 4.78 is 0. The van der Waals surface area contributed by atoms with E-state index in [-0.39, 0.29) is 5.91 Å². The van der Waals surface area contributed by atoms with E-state index in [0.29, 0.717) is 12.1 Å². The van der Waals surface area contributed by atoms with Gasteiger partial charge in [-0.1, -0.05) is 26.0 Å². The number of carbonyl (C=O) groups is 1. The van der Waals surface area contributed by atoms with Gasteiger partial charge in [0.25, 0.3) is 5.91 Å². The van der Waals surface area contributed by atoms with Crippen LogP contribution in [0.3, 0.4) is 0 Å². The van der Waals surface area contributed by atoms with Gasteiger partial charge in [0.1, 0.15) is 0 Å². The molecular formula is C18H28N2O. The zero-order valence-corrected chi connectivity index (χ0v) is 13.6. The maximum atomic E-state index is 12.6. The van der Waals surface area contributed by atoms with Crippen LogP contribution < -0.4 is 5.32 Å². The highest BCUT2D eigenvalue weighted by molar-refractivity contribution is 5.94. The summed E-state index contributed by atoms with van der Waals surface area (Å²) in [5.74, 6) is 0.157. The second kappa shape index (κ2) is 7.60. The van der Waals surface area contributed by atoms with Crippen molar-refractivity contribution in [3.63, 3.8) is 0 Å². The molecule has 1 aromatic rings. The molecule has 0 saturated heterocycles. The number of carbonyl (C=O) groups excluding carboxylic acids is 1. The zero-order valence-electron chi connectivity index (χ0n) is 13.6. The van der Waals surface area contributed by atoms with E-state index in [0.717, 1.165) is 31.4 Å². The predicted octanol–water partition coefficient (Wildman–Crippen LogP) is 3.24. The van der Waals surface area contributed by atoms with Gasteiger partial charge in [-0.05, 0) is 56.3 Å². The molecule has 3 heteroatoms. The Morgan fingerprint density at radius 2 is 1.76 bits per heavy atom. The van der Waals surface area contributed by atoms with E-state index in [1.165, 1.54) is 18.4 Å². The van der Waals surface area contributed by atoms with Crippen molar-refractivity contribution in [3.05, 3.63) is 35.4 Å². The topological polar surface area (TPSA) is 32.3 Å². The predicted molar refractivity (Wildman–Crippen MR) is 87.6 cm³/mol. The molecular weight excluding hydrogens is 260 g/mol. The van der Waals surface area contributed by atoms with Crippen LogP contribution in [-0.4, -0.2) is 36.5 Å². The number of aryl methyl sites for hydroxylation is 1. The van der Waals surface area contributed by atoms with Gasteiger partial charge in [-0.15, -0.1) is 0 Å². The summed E-state index contributed by atoms with van der Waals surface area (Å²) >= 11 is 0. The van der Waals surface area contributed by atoms with Gasteiger partial charge in [-0.3, -0.25) is 4.79 Å². The van der Waals surface area contributed by atoms with Gasteiger partial charge in [0, 0.05) is 24.7 Å². The quantitative estimate of drug-likeness (QED) is 0.902. The summed E-state index contributed by atoms with van der Waals surface area (Å²) in [6, 6.07) is 9.06. The van der Waals surface area contributed by atoms with Crippen molar-refractivity contribution in [2.24, 2.45) is 0 Å². The molecule has 0 bridgehead atoms. The lowest BCUT2D eigenvalue weighted by atomic mass is 9.90. The lowest BCUT2D eigenvalue weighted by Crippen LogP contribution is -2.43. The third kappa shape index (κ3) is 4.07. The highest BCUT2D eigenvalue weighted by Crippen LogP contribution is 2.23. The second-order valence-electron chi connectivity index (χ2n) is 6.03. The smallest absolute Gasteiger partial charge is 0.253 e. The summed E-state index contributed by atoms with van der Waals surface area (Å²) in [5, 5.41) is 3.51. The van der Waals surface area contributed by atoms with E-state index in [9.17, 15) is 4.79 Å². The third-order valence-electron chi connectivity index (χ3n) is 4.67. The maximum Gasteiger partial charge on any atom is 0.253 e. The lowest BCUT2D eigenvalue weighted by molar-refractivity contribution is 0.0684. The number of rotatable bonds is 5. The first-order chi connectivity index (χ1) is 10.2. The minimum absolute atomic E-state index is 0.157. The van der Waals surface area contributed by atoms with Crippen molar-refractivity contribution in [2.75, 3.05) is 13.6 Å². The molecule has 0 aromatic heterocycles. The lowest BCUT2D eigenvalue weighted by Gasteiger charge is -2.35. The fourth-order valence-electron chi connectivity index (χ4n) is 3.21. The van der Waals surface area contributed by atoms with Crippen LogP contribution in [0.4, 0.5) is 0 Å². The minimum Gasteiger partial charge on any atom is -0.339 e. The van der Waals surface area contributed by atoms with E-state index < -0.39 is 0 Å². The molecule has 0 unspecified atom stereocenters. The summed E-state index contributed by atoms with van der Waals surface area (Å²) in [6.07, 6.45) is 5.56. The Balaban J connectivity index is 1.93. The Morgan fingerprint density at radius 1 is 1.14 bits per heavy atom. The monoisotopic (exact) mass is 288 g/mol. The van der Waals surface area contributed by atoms with Crippen molar-refractivity contribution in [1.29, 1.82) is 0 Å². The fraction of sp³-hybridized carbons (Fsp3) is 0.611. The molecule has 1 fully saturated rings. The molecule has 1 aliphatic rings. The van der Waals surface area contributed by atoms with Crippen molar-refractivity contribution < 1.29 is 4.79 Å². The first kappa shape index (κ1) is 16.0. The molecule has 21 heavy (non-hydrogen) atoms.